The summed E-state index contributed by atoms with van der Waals surface area (Å²) in [4.78, 5) is 22.7. The monoisotopic (exact) mass is 196 g/mol. The minimum atomic E-state index is -0.0932. The molecule has 4 nitrogen and oxygen atoms in total. The molecule has 1 heterocycles. The highest BCUT2D eigenvalue weighted by Crippen LogP contribution is 2.20. The quantitative estimate of drug-likeness (QED) is 0.662. The molecule has 1 saturated heterocycles. The van der Waals surface area contributed by atoms with Crippen molar-refractivity contribution in [2.45, 2.75) is 38.1 Å². The number of carbonyl (C=O) groups excluding carboxylic acids is 2. The molecule has 2 fully saturated rings. The van der Waals surface area contributed by atoms with Gasteiger partial charge in [-0.15, -0.1) is 0 Å². The lowest BCUT2D eigenvalue weighted by Gasteiger charge is -2.29. The summed E-state index contributed by atoms with van der Waals surface area (Å²) in [6.45, 7) is 0.640. The first-order valence-electron chi connectivity index (χ1n) is 5.33. The van der Waals surface area contributed by atoms with E-state index in [-0.39, 0.29) is 17.7 Å². The predicted octanol–water partition coefficient (Wildman–Crippen LogP) is 0.181. The van der Waals surface area contributed by atoms with Gasteiger partial charge in [0.1, 0.15) is 0 Å². The molecule has 0 aromatic rings. The van der Waals surface area contributed by atoms with Crippen molar-refractivity contribution >= 4 is 11.8 Å². The molecule has 2 N–H and O–H groups in total. The largest absolute Gasteiger partial charge is 0.356 e. The third-order valence-electron chi connectivity index (χ3n) is 3.07. The predicted molar refractivity (Wildman–Crippen MR) is 51.5 cm³/mol. The fraction of sp³-hybridized carbons (Fsp3) is 0.800. The van der Waals surface area contributed by atoms with Crippen LogP contribution in [0.15, 0.2) is 0 Å². The molecular formula is C10H16N2O2. The highest BCUT2D eigenvalue weighted by molar-refractivity contribution is 5.87. The normalized spacial score (nSPS) is 27.7. The third kappa shape index (κ3) is 2.05. The molecule has 4 heteroatoms. The summed E-state index contributed by atoms with van der Waals surface area (Å²) in [7, 11) is 0. The number of piperidine rings is 1. The zero-order valence-electron chi connectivity index (χ0n) is 8.21. The van der Waals surface area contributed by atoms with Gasteiger partial charge in [-0.3, -0.25) is 9.59 Å². The van der Waals surface area contributed by atoms with Gasteiger partial charge in [0.25, 0.3) is 0 Å². The Kier molecular flexibility index (Phi) is 2.70. The van der Waals surface area contributed by atoms with E-state index < -0.39 is 0 Å². The van der Waals surface area contributed by atoms with E-state index in [1.807, 2.05) is 0 Å². The summed E-state index contributed by atoms with van der Waals surface area (Å²) in [6.07, 6.45) is 4.56. The molecule has 0 aromatic heterocycles. The van der Waals surface area contributed by atoms with E-state index in [9.17, 15) is 9.59 Å². The molecule has 1 atom stereocenters. The van der Waals surface area contributed by atoms with Crippen molar-refractivity contribution in [3.05, 3.63) is 0 Å². The lowest BCUT2D eigenvalue weighted by molar-refractivity contribution is -0.133. The molecule has 0 aromatic carbocycles. The fourth-order valence-electron chi connectivity index (χ4n) is 1.88. The summed E-state index contributed by atoms with van der Waals surface area (Å²) in [5, 5.41) is 5.72. The maximum absolute atomic E-state index is 11.7. The third-order valence-corrected chi connectivity index (χ3v) is 3.07. The van der Waals surface area contributed by atoms with Gasteiger partial charge in [-0.1, -0.05) is 0 Å². The smallest absolute Gasteiger partial charge is 0.223 e. The van der Waals surface area contributed by atoms with Gasteiger partial charge in [0.2, 0.25) is 11.8 Å². The van der Waals surface area contributed by atoms with E-state index in [4.69, 9.17) is 0 Å². The van der Waals surface area contributed by atoms with Gasteiger partial charge in [0, 0.05) is 24.9 Å². The second-order valence-corrected chi connectivity index (χ2v) is 4.18. The molecule has 2 rings (SSSR count). The van der Waals surface area contributed by atoms with Gasteiger partial charge < -0.3 is 10.6 Å². The lowest BCUT2D eigenvalue weighted by Crippen LogP contribution is -2.46. The average molecular weight is 196 g/mol. The zero-order valence-corrected chi connectivity index (χ0v) is 8.21. The first kappa shape index (κ1) is 9.49. The minimum Gasteiger partial charge on any atom is -0.356 e. The summed E-state index contributed by atoms with van der Waals surface area (Å²) in [6, 6.07) is 0.382. The van der Waals surface area contributed by atoms with E-state index in [1.165, 1.54) is 6.42 Å². The van der Waals surface area contributed by atoms with Crippen LogP contribution < -0.4 is 10.6 Å². The second kappa shape index (κ2) is 3.98. The Morgan fingerprint density at radius 3 is 2.71 bits per heavy atom. The summed E-state index contributed by atoms with van der Waals surface area (Å²) >= 11 is 0. The number of carbonyl (C=O) groups is 2. The Labute approximate surface area is 83.4 Å². The summed E-state index contributed by atoms with van der Waals surface area (Å²) in [5.41, 5.74) is 0. The van der Waals surface area contributed by atoms with Gasteiger partial charge in [0.15, 0.2) is 0 Å². The van der Waals surface area contributed by atoms with Crippen molar-refractivity contribution in [2.24, 2.45) is 5.92 Å². The molecule has 1 unspecified atom stereocenters. The molecule has 0 bridgehead atoms. The first-order valence-corrected chi connectivity index (χ1v) is 5.33. The Morgan fingerprint density at radius 2 is 2.14 bits per heavy atom. The van der Waals surface area contributed by atoms with Gasteiger partial charge in [-0.2, -0.15) is 0 Å². The van der Waals surface area contributed by atoms with Crippen molar-refractivity contribution in [1.82, 2.24) is 10.6 Å². The first-order chi connectivity index (χ1) is 6.75. The van der Waals surface area contributed by atoms with Crippen molar-refractivity contribution < 1.29 is 9.59 Å². The molecule has 2 amide bonds. The van der Waals surface area contributed by atoms with Crippen molar-refractivity contribution in [3.8, 4) is 0 Å². The zero-order chi connectivity index (χ0) is 9.97. The molecule has 14 heavy (non-hydrogen) atoms. The summed E-state index contributed by atoms with van der Waals surface area (Å²) in [5.74, 6) is -0.0149. The van der Waals surface area contributed by atoms with Crippen LogP contribution in [0.1, 0.15) is 32.1 Å². The van der Waals surface area contributed by atoms with E-state index in [0.717, 1.165) is 19.3 Å². The van der Waals surface area contributed by atoms with Crippen LogP contribution in [0.25, 0.3) is 0 Å². The lowest BCUT2D eigenvalue weighted by atomic mass is 9.91. The fourth-order valence-corrected chi connectivity index (χ4v) is 1.88. The molecule has 0 spiro atoms. The maximum atomic E-state index is 11.7. The van der Waals surface area contributed by atoms with Gasteiger partial charge >= 0.3 is 0 Å². The Bertz CT molecular complexity index is 249. The van der Waals surface area contributed by atoms with Crippen LogP contribution in [0.2, 0.25) is 0 Å². The number of nitrogens with one attached hydrogen (secondary N) is 2. The average Bonchev–Trinajstić information content (AvgIpc) is 2.11. The number of hydrogen-bond donors (Lipinski definition) is 2. The molecule has 0 radical (unpaired) electrons. The number of rotatable bonds is 2. The number of hydrogen-bond acceptors (Lipinski definition) is 2. The van der Waals surface area contributed by atoms with Crippen molar-refractivity contribution in [3.63, 3.8) is 0 Å². The highest BCUT2D eigenvalue weighted by atomic mass is 16.2. The van der Waals surface area contributed by atoms with Gasteiger partial charge in [-0.25, -0.2) is 0 Å². The van der Waals surface area contributed by atoms with Gasteiger partial charge in [-0.05, 0) is 25.7 Å². The van der Waals surface area contributed by atoms with Gasteiger partial charge in [0.05, 0.1) is 0 Å². The van der Waals surface area contributed by atoms with Crippen LogP contribution in [0.3, 0.4) is 0 Å². The van der Waals surface area contributed by atoms with Crippen LogP contribution >= 0.6 is 0 Å². The van der Waals surface area contributed by atoms with Crippen LogP contribution in [-0.4, -0.2) is 24.4 Å². The van der Waals surface area contributed by atoms with Crippen molar-refractivity contribution in [1.29, 1.82) is 0 Å². The Hall–Kier alpha value is -1.06. The molecule has 1 aliphatic carbocycles. The Balaban J connectivity index is 1.80. The highest BCUT2D eigenvalue weighted by Gasteiger charge is 2.28. The van der Waals surface area contributed by atoms with Crippen LogP contribution in [0, 0.1) is 5.92 Å². The molecule has 1 aliphatic heterocycles. The maximum Gasteiger partial charge on any atom is 0.223 e. The van der Waals surface area contributed by atoms with E-state index in [1.54, 1.807) is 0 Å². The van der Waals surface area contributed by atoms with E-state index in [2.05, 4.69) is 10.6 Å². The minimum absolute atomic E-state index is 0.00464. The summed E-state index contributed by atoms with van der Waals surface area (Å²) < 4.78 is 0. The van der Waals surface area contributed by atoms with Crippen LogP contribution in [0.4, 0.5) is 0 Å². The molecule has 78 valence electrons. The molecule has 1 saturated carbocycles. The van der Waals surface area contributed by atoms with Crippen LogP contribution in [0.5, 0.6) is 0 Å². The van der Waals surface area contributed by atoms with Crippen LogP contribution in [-0.2, 0) is 9.59 Å². The standard InChI is InChI=1S/C10H16N2O2/c13-9-6-7(4-5-11-9)10(14)12-8-2-1-3-8/h7-8H,1-6H2,(H,11,13)(H,12,14). The Morgan fingerprint density at radius 1 is 1.36 bits per heavy atom. The number of amides is 2. The van der Waals surface area contributed by atoms with E-state index >= 15 is 0 Å². The second-order valence-electron chi connectivity index (χ2n) is 4.18. The molecule has 2 aliphatic rings. The van der Waals surface area contributed by atoms with Crippen molar-refractivity contribution in [2.75, 3.05) is 6.54 Å². The van der Waals surface area contributed by atoms with E-state index in [0.29, 0.717) is 19.0 Å². The topological polar surface area (TPSA) is 58.2 Å². The molecular weight excluding hydrogens is 180 g/mol. The SMILES string of the molecule is O=C1CC(C(=O)NC2CCC2)CCN1.